The highest BCUT2D eigenvalue weighted by molar-refractivity contribution is 6.31. The molecule has 0 aliphatic heterocycles. The Bertz CT molecular complexity index is 760. The number of nitrogens with two attached hydrogens (primary N) is 1. The van der Waals surface area contributed by atoms with Gasteiger partial charge in [-0.25, -0.2) is 9.37 Å². The molecule has 2 N–H and O–H groups in total. The van der Waals surface area contributed by atoms with Crippen molar-refractivity contribution < 1.29 is 8.91 Å². The molecule has 7 heteroatoms. The van der Waals surface area contributed by atoms with Crippen LogP contribution in [0.4, 0.5) is 4.39 Å². The number of halogens is 2. The van der Waals surface area contributed by atoms with E-state index in [0.29, 0.717) is 16.3 Å². The summed E-state index contributed by atoms with van der Waals surface area (Å²) in [5.41, 5.74) is 7.15. The first kappa shape index (κ1) is 13.7. The van der Waals surface area contributed by atoms with Crippen molar-refractivity contribution in [2.75, 3.05) is 0 Å². The van der Waals surface area contributed by atoms with Crippen LogP contribution in [0, 0.1) is 5.82 Å². The Morgan fingerprint density at radius 2 is 2.00 bits per heavy atom. The molecule has 1 aromatic carbocycles. The molecule has 0 fully saturated rings. The monoisotopic (exact) mass is 304 g/mol. The van der Waals surface area contributed by atoms with E-state index in [9.17, 15) is 4.39 Å². The second-order valence-electron chi connectivity index (χ2n) is 4.32. The highest BCUT2D eigenvalue weighted by Crippen LogP contribution is 2.26. The maximum absolute atomic E-state index is 12.8. The minimum atomic E-state index is -0.639. The SMILES string of the molecule is N[C@@H](c1nc(-c2ccc(F)cn2)no1)c1ccccc1Cl. The predicted molar refractivity (Wildman–Crippen MR) is 75.0 cm³/mol. The van der Waals surface area contributed by atoms with Gasteiger partial charge in [-0.2, -0.15) is 4.98 Å². The van der Waals surface area contributed by atoms with Crippen LogP contribution in [0.1, 0.15) is 17.5 Å². The van der Waals surface area contributed by atoms with Crippen molar-refractivity contribution in [2.24, 2.45) is 5.73 Å². The topological polar surface area (TPSA) is 77.8 Å². The fourth-order valence-corrected chi connectivity index (χ4v) is 2.09. The highest BCUT2D eigenvalue weighted by Gasteiger charge is 2.20. The summed E-state index contributed by atoms with van der Waals surface area (Å²) < 4.78 is 18.0. The van der Waals surface area contributed by atoms with Crippen LogP contribution in [-0.2, 0) is 0 Å². The van der Waals surface area contributed by atoms with Gasteiger partial charge in [-0.3, -0.25) is 0 Å². The van der Waals surface area contributed by atoms with E-state index in [-0.39, 0.29) is 11.7 Å². The summed E-state index contributed by atoms with van der Waals surface area (Å²) in [4.78, 5) is 8.07. The Morgan fingerprint density at radius 3 is 2.71 bits per heavy atom. The highest BCUT2D eigenvalue weighted by atomic mass is 35.5. The van der Waals surface area contributed by atoms with Crippen LogP contribution in [0.25, 0.3) is 11.5 Å². The van der Waals surface area contributed by atoms with E-state index < -0.39 is 11.9 Å². The Hall–Kier alpha value is -2.31. The Morgan fingerprint density at radius 1 is 1.19 bits per heavy atom. The summed E-state index contributed by atoms with van der Waals surface area (Å²) >= 11 is 6.09. The van der Waals surface area contributed by atoms with Gasteiger partial charge in [-0.1, -0.05) is 35.0 Å². The van der Waals surface area contributed by atoms with Gasteiger partial charge in [-0.15, -0.1) is 0 Å². The minimum Gasteiger partial charge on any atom is -0.337 e. The second kappa shape index (κ2) is 5.59. The smallest absolute Gasteiger partial charge is 0.248 e. The number of hydrogen-bond acceptors (Lipinski definition) is 5. The van der Waals surface area contributed by atoms with Crippen LogP contribution in [0.5, 0.6) is 0 Å². The number of aromatic nitrogens is 3. The molecule has 0 unspecified atom stereocenters. The van der Waals surface area contributed by atoms with E-state index in [2.05, 4.69) is 15.1 Å². The van der Waals surface area contributed by atoms with Gasteiger partial charge < -0.3 is 10.3 Å². The molecule has 0 saturated heterocycles. The molecule has 0 radical (unpaired) electrons. The molecule has 0 spiro atoms. The molecule has 3 rings (SSSR count). The fraction of sp³-hybridized carbons (Fsp3) is 0.0714. The van der Waals surface area contributed by atoms with Crippen LogP contribution < -0.4 is 5.73 Å². The Balaban J connectivity index is 1.91. The number of hydrogen-bond donors (Lipinski definition) is 1. The van der Waals surface area contributed by atoms with E-state index in [1.54, 1.807) is 18.2 Å². The molecule has 1 atom stereocenters. The van der Waals surface area contributed by atoms with E-state index in [1.807, 2.05) is 6.07 Å². The first-order valence-corrected chi connectivity index (χ1v) is 6.48. The summed E-state index contributed by atoms with van der Waals surface area (Å²) in [5, 5.41) is 4.32. The lowest BCUT2D eigenvalue weighted by molar-refractivity contribution is 0.367. The summed E-state index contributed by atoms with van der Waals surface area (Å²) in [6.07, 6.45) is 1.08. The normalized spacial score (nSPS) is 12.3. The zero-order chi connectivity index (χ0) is 14.8. The Labute approximate surface area is 124 Å². The van der Waals surface area contributed by atoms with Crippen molar-refractivity contribution in [3.63, 3.8) is 0 Å². The fourth-order valence-electron chi connectivity index (χ4n) is 1.83. The van der Waals surface area contributed by atoms with Gasteiger partial charge in [-0.05, 0) is 23.8 Å². The van der Waals surface area contributed by atoms with Crippen molar-refractivity contribution >= 4 is 11.6 Å². The van der Waals surface area contributed by atoms with E-state index in [4.69, 9.17) is 21.9 Å². The van der Waals surface area contributed by atoms with Gasteiger partial charge in [0.2, 0.25) is 11.7 Å². The lowest BCUT2D eigenvalue weighted by atomic mass is 10.1. The molecule has 2 aromatic heterocycles. The van der Waals surface area contributed by atoms with E-state index in [1.165, 1.54) is 12.1 Å². The van der Waals surface area contributed by atoms with Gasteiger partial charge in [0.15, 0.2) is 0 Å². The van der Waals surface area contributed by atoms with Gasteiger partial charge in [0.1, 0.15) is 17.6 Å². The van der Waals surface area contributed by atoms with Crippen molar-refractivity contribution in [3.8, 4) is 11.5 Å². The number of rotatable bonds is 3. The lowest BCUT2D eigenvalue weighted by Gasteiger charge is -2.08. The molecule has 0 aliphatic rings. The first-order valence-electron chi connectivity index (χ1n) is 6.10. The summed E-state index contributed by atoms with van der Waals surface area (Å²) in [6, 6.07) is 9.24. The van der Waals surface area contributed by atoms with Crippen molar-refractivity contribution in [3.05, 3.63) is 64.9 Å². The molecule has 3 aromatic rings. The third kappa shape index (κ3) is 2.76. The quantitative estimate of drug-likeness (QED) is 0.805. The van der Waals surface area contributed by atoms with Crippen LogP contribution in [0.15, 0.2) is 47.1 Å². The van der Waals surface area contributed by atoms with Crippen LogP contribution in [0.2, 0.25) is 5.02 Å². The van der Waals surface area contributed by atoms with E-state index >= 15 is 0 Å². The molecule has 5 nitrogen and oxygen atoms in total. The predicted octanol–water partition coefficient (Wildman–Crippen LogP) is 2.97. The molecule has 0 aliphatic carbocycles. The van der Waals surface area contributed by atoms with Crippen molar-refractivity contribution in [1.29, 1.82) is 0 Å². The summed E-state index contributed by atoms with van der Waals surface area (Å²) in [6.45, 7) is 0. The standard InChI is InChI=1S/C14H10ClFN4O/c15-10-4-2-1-3-9(10)12(17)14-19-13(20-21-14)11-6-5-8(16)7-18-11/h1-7,12H,17H2/t12-/m1/s1. The molecule has 106 valence electrons. The lowest BCUT2D eigenvalue weighted by Crippen LogP contribution is -2.12. The molecule has 2 heterocycles. The van der Waals surface area contributed by atoms with Crippen LogP contribution in [-0.4, -0.2) is 15.1 Å². The average molecular weight is 305 g/mol. The molecule has 0 bridgehead atoms. The van der Waals surface area contributed by atoms with E-state index in [0.717, 1.165) is 6.20 Å². The maximum atomic E-state index is 12.8. The van der Waals surface area contributed by atoms with Crippen LogP contribution >= 0.6 is 11.6 Å². The van der Waals surface area contributed by atoms with Gasteiger partial charge in [0.25, 0.3) is 0 Å². The third-order valence-corrected chi connectivity index (χ3v) is 3.25. The van der Waals surface area contributed by atoms with Gasteiger partial charge in [0.05, 0.1) is 6.20 Å². The summed E-state index contributed by atoms with van der Waals surface area (Å²) in [5.74, 6) is 0.0203. The number of pyridine rings is 1. The van der Waals surface area contributed by atoms with Gasteiger partial charge >= 0.3 is 0 Å². The molecular formula is C14H10ClFN4O. The van der Waals surface area contributed by atoms with Crippen LogP contribution in [0.3, 0.4) is 0 Å². The molecule has 21 heavy (non-hydrogen) atoms. The van der Waals surface area contributed by atoms with Gasteiger partial charge in [0, 0.05) is 5.02 Å². The minimum absolute atomic E-state index is 0.212. The number of nitrogens with zero attached hydrogens (tertiary/aromatic N) is 3. The average Bonchev–Trinajstić information content (AvgIpc) is 2.98. The molecule has 0 amide bonds. The third-order valence-electron chi connectivity index (χ3n) is 2.90. The Kier molecular flexibility index (Phi) is 3.64. The zero-order valence-electron chi connectivity index (χ0n) is 10.7. The molecular weight excluding hydrogens is 295 g/mol. The van der Waals surface area contributed by atoms with Crippen molar-refractivity contribution in [1.82, 2.24) is 15.1 Å². The first-order chi connectivity index (χ1) is 10.1. The number of benzene rings is 1. The largest absolute Gasteiger partial charge is 0.337 e. The molecule has 0 saturated carbocycles. The van der Waals surface area contributed by atoms with Crippen molar-refractivity contribution in [2.45, 2.75) is 6.04 Å². The maximum Gasteiger partial charge on any atom is 0.248 e. The summed E-state index contributed by atoms with van der Waals surface area (Å²) in [7, 11) is 0. The zero-order valence-corrected chi connectivity index (χ0v) is 11.5. The second-order valence-corrected chi connectivity index (χ2v) is 4.72.